The fourth-order valence-electron chi connectivity index (χ4n) is 4.56. The molecule has 156 valence electrons. The maximum atomic E-state index is 13.0. The molecule has 1 aromatic rings. The first-order chi connectivity index (χ1) is 14.0. The van der Waals surface area contributed by atoms with Crippen LogP contribution in [0.15, 0.2) is 24.3 Å². The van der Waals surface area contributed by atoms with Gasteiger partial charge in [0, 0.05) is 24.5 Å². The summed E-state index contributed by atoms with van der Waals surface area (Å²) in [6.07, 6.45) is 3.51. The van der Waals surface area contributed by atoms with E-state index in [4.69, 9.17) is 4.74 Å². The molecule has 8 nitrogen and oxygen atoms in total. The molecule has 3 fully saturated rings. The van der Waals surface area contributed by atoms with E-state index < -0.39 is 11.6 Å². The first-order valence-electron chi connectivity index (χ1n) is 10.4. The van der Waals surface area contributed by atoms with Gasteiger partial charge >= 0.3 is 6.03 Å². The van der Waals surface area contributed by atoms with Gasteiger partial charge in [0.25, 0.3) is 5.91 Å². The first-order valence-corrected chi connectivity index (χ1v) is 10.4. The van der Waals surface area contributed by atoms with E-state index in [1.54, 1.807) is 0 Å². The summed E-state index contributed by atoms with van der Waals surface area (Å²) in [4.78, 5) is 41.1. The number of hydrogen-bond acceptors (Lipinski definition) is 5. The predicted molar refractivity (Wildman–Crippen MR) is 109 cm³/mol. The third-order valence-corrected chi connectivity index (χ3v) is 6.33. The van der Waals surface area contributed by atoms with Crippen molar-refractivity contribution in [3.8, 4) is 0 Å². The minimum absolute atomic E-state index is 0.0773. The molecule has 4 rings (SSSR count). The third-order valence-electron chi connectivity index (χ3n) is 6.33. The number of ether oxygens (including phenoxy) is 1. The van der Waals surface area contributed by atoms with Crippen molar-refractivity contribution in [1.29, 1.82) is 0 Å². The Morgan fingerprint density at radius 3 is 2.62 bits per heavy atom. The van der Waals surface area contributed by atoms with Gasteiger partial charge in [0.2, 0.25) is 5.91 Å². The maximum Gasteiger partial charge on any atom is 0.325 e. The highest BCUT2D eigenvalue weighted by atomic mass is 16.5. The molecule has 3 aliphatic rings. The van der Waals surface area contributed by atoms with E-state index in [-0.39, 0.29) is 24.3 Å². The van der Waals surface area contributed by atoms with Gasteiger partial charge in [-0.3, -0.25) is 14.5 Å². The fourth-order valence-corrected chi connectivity index (χ4v) is 4.56. The topological polar surface area (TPSA) is 91.0 Å². The zero-order chi connectivity index (χ0) is 20.4. The summed E-state index contributed by atoms with van der Waals surface area (Å²) in [5.41, 5.74) is 0.878. The van der Waals surface area contributed by atoms with Gasteiger partial charge in [0.05, 0.1) is 13.2 Å². The molecule has 1 spiro atoms. The van der Waals surface area contributed by atoms with Crippen molar-refractivity contribution in [2.75, 3.05) is 43.1 Å². The van der Waals surface area contributed by atoms with E-state index >= 15 is 0 Å². The highest BCUT2D eigenvalue weighted by Crippen LogP contribution is 2.38. The summed E-state index contributed by atoms with van der Waals surface area (Å²) >= 11 is 0. The van der Waals surface area contributed by atoms with Crippen molar-refractivity contribution in [1.82, 2.24) is 10.2 Å². The molecule has 2 atom stereocenters. The van der Waals surface area contributed by atoms with Crippen LogP contribution in [0.2, 0.25) is 0 Å². The highest BCUT2D eigenvalue weighted by molar-refractivity contribution is 6.10. The van der Waals surface area contributed by atoms with Crippen LogP contribution >= 0.6 is 0 Å². The third kappa shape index (κ3) is 3.81. The molecule has 2 saturated heterocycles. The zero-order valence-corrected chi connectivity index (χ0v) is 16.8. The van der Waals surface area contributed by atoms with Gasteiger partial charge in [-0.2, -0.15) is 0 Å². The lowest BCUT2D eigenvalue weighted by Gasteiger charge is -2.36. The van der Waals surface area contributed by atoms with Crippen LogP contribution in [0.3, 0.4) is 0 Å². The molecule has 0 unspecified atom stereocenters. The van der Waals surface area contributed by atoms with Crippen LogP contribution in [0.4, 0.5) is 16.2 Å². The van der Waals surface area contributed by atoms with Crippen LogP contribution in [0.1, 0.15) is 32.6 Å². The average molecular weight is 400 g/mol. The largest absolute Gasteiger partial charge is 0.378 e. The Morgan fingerprint density at radius 2 is 1.93 bits per heavy atom. The standard InChI is InChI=1S/C21H28N4O4/c1-15-4-2-3-9-21(15)19(27)25(20(28)23-21)14-18(26)22-16-5-7-17(8-6-16)24-10-12-29-13-11-24/h5-8,15H,2-4,9-14H2,1H3,(H,22,26)(H,23,28)/t15-,21-/m1/s1. The molecule has 0 bridgehead atoms. The summed E-state index contributed by atoms with van der Waals surface area (Å²) in [7, 11) is 0. The lowest BCUT2D eigenvalue weighted by atomic mass is 9.73. The maximum absolute atomic E-state index is 13.0. The number of carbonyl (C=O) groups excluding carboxylic acids is 3. The molecule has 0 aromatic heterocycles. The second kappa shape index (κ2) is 8.02. The molecule has 2 N–H and O–H groups in total. The Hall–Kier alpha value is -2.61. The molecule has 2 heterocycles. The number of hydrogen-bond donors (Lipinski definition) is 2. The van der Waals surface area contributed by atoms with Crippen molar-refractivity contribution < 1.29 is 19.1 Å². The summed E-state index contributed by atoms with van der Waals surface area (Å²) in [6, 6.07) is 7.10. The Kier molecular flexibility index (Phi) is 5.45. The number of anilines is 2. The fraction of sp³-hybridized carbons (Fsp3) is 0.571. The number of nitrogens with zero attached hydrogens (tertiary/aromatic N) is 2. The Morgan fingerprint density at radius 1 is 1.21 bits per heavy atom. The van der Waals surface area contributed by atoms with Gasteiger partial charge in [-0.1, -0.05) is 19.8 Å². The second-order valence-corrected chi connectivity index (χ2v) is 8.13. The Balaban J connectivity index is 1.37. The van der Waals surface area contributed by atoms with Crippen LogP contribution in [-0.4, -0.2) is 61.1 Å². The molecule has 8 heteroatoms. The SMILES string of the molecule is C[C@@H]1CCCC[C@@]12NC(=O)N(CC(=O)Nc1ccc(N3CCOCC3)cc1)C2=O. The summed E-state index contributed by atoms with van der Waals surface area (Å²) < 4.78 is 5.36. The summed E-state index contributed by atoms with van der Waals surface area (Å²) in [5, 5.41) is 5.66. The minimum Gasteiger partial charge on any atom is -0.378 e. The Bertz CT molecular complexity index is 790. The molecule has 2 aliphatic heterocycles. The average Bonchev–Trinajstić information content (AvgIpc) is 2.96. The van der Waals surface area contributed by atoms with Gasteiger partial charge in [0.15, 0.2) is 0 Å². The Labute approximate surface area is 170 Å². The van der Waals surface area contributed by atoms with E-state index in [1.165, 1.54) is 0 Å². The van der Waals surface area contributed by atoms with Crippen molar-refractivity contribution in [3.63, 3.8) is 0 Å². The summed E-state index contributed by atoms with van der Waals surface area (Å²) in [5.74, 6) is -0.575. The van der Waals surface area contributed by atoms with Gasteiger partial charge in [-0.15, -0.1) is 0 Å². The number of morpholine rings is 1. The minimum atomic E-state index is -0.838. The highest BCUT2D eigenvalue weighted by Gasteiger charge is 2.55. The zero-order valence-electron chi connectivity index (χ0n) is 16.8. The smallest absolute Gasteiger partial charge is 0.325 e. The van der Waals surface area contributed by atoms with Gasteiger partial charge in [0.1, 0.15) is 12.1 Å². The van der Waals surface area contributed by atoms with E-state index in [0.29, 0.717) is 25.3 Å². The van der Waals surface area contributed by atoms with E-state index in [2.05, 4.69) is 15.5 Å². The lowest BCUT2D eigenvalue weighted by Crippen LogP contribution is -2.54. The first kappa shape index (κ1) is 19.7. The number of carbonyl (C=O) groups is 3. The normalized spacial score (nSPS) is 27.3. The van der Waals surface area contributed by atoms with Crippen LogP contribution < -0.4 is 15.5 Å². The molecule has 1 aliphatic carbocycles. The molecular weight excluding hydrogens is 372 g/mol. The second-order valence-electron chi connectivity index (χ2n) is 8.13. The van der Waals surface area contributed by atoms with Crippen LogP contribution in [-0.2, 0) is 14.3 Å². The van der Waals surface area contributed by atoms with Gasteiger partial charge in [-0.05, 0) is 43.0 Å². The molecular formula is C21H28N4O4. The number of rotatable bonds is 4. The molecule has 1 aromatic carbocycles. The lowest BCUT2D eigenvalue weighted by molar-refractivity contribution is -0.136. The molecule has 4 amide bonds. The quantitative estimate of drug-likeness (QED) is 0.754. The number of amides is 4. The van der Waals surface area contributed by atoms with Crippen molar-refractivity contribution in [2.45, 2.75) is 38.1 Å². The number of urea groups is 1. The summed E-state index contributed by atoms with van der Waals surface area (Å²) in [6.45, 7) is 4.84. The predicted octanol–water partition coefficient (Wildman–Crippen LogP) is 1.96. The molecule has 0 radical (unpaired) electrons. The molecule has 1 saturated carbocycles. The van der Waals surface area contributed by atoms with Crippen molar-refractivity contribution >= 4 is 29.2 Å². The van der Waals surface area contributed by atoms with E-state index in [9.17, 15) is 14.4 Å². The number of nitrogens with one attached hydrogen (secondary N) is 2. The monoisotopic (exact) mass is 400 g/mol. The van der Waals surface area contributed by atoms with Gasteiger partial charge < -0.3 is 20.3 Å². The van der Waals surface area contributed by atoms with Crippen LogP contribution in [0.5, 0.6) is 0 Å². The van der Waals surface area contributed by atoms with Crippen molar-refractivity contribution in [2.24, 2.45) is 5.92 Å². The van der Waals surface area contributed by atoms with E-state index in [0.717, 1.165) is 42.9 Å². The van der Waals surface area contributed by atoms with Crippen molar-refractivity contribution in [3.05, 3.63) is 24.3 Å². The van der Waals surface area contributed by atoms with Crippen LogP contribution in [0, 0.1) is 5.92 Å². The number of imide groups is 1. The van der Waals surface area contributed by atoms with E-state index in [1.807, 2.05) is 31.2 Å². The number of benzene rings is 1. The molecule has 29 heavy (non-hydrogen) atoms. The van der Waals surface area contributed by atoms with Gasteiger partial charge in [-0.25, -0.2) is 4.79 Å². The van der Waals surface area contributed by atoms with Crippen LogP contribution in [0.25, 0.3) is 0 Å².